The van der Waals surface area contributed by atoms with E-state index in [4.69, 9.17) is 4.42 Å². The van der Waals surface area contributed by atoms with E-state index < -0.39 is 11.6 Å². The van der Waals surface area contributed by atoms with Crippen LogP contribution in [0.4, 0.5) is 8.78 Å². The van der Waals surface area contributed by atoms with Crippen LogP contribution in [0.3, 0.4) is 0 Å². The highest BCUT2D eigenvalue weighted by atomic mass is 19.1. The van der Waals surface area contributed by atoms with E-state index in [0.717, 1.165) is 18.9 Å². The average Bonchev–Trinajstić information content (AvgIpc) is 2.91. The summed E-state index contributed by atoms with van der Waals surface area (Å²) in [5.74, 6) is -0.645. The molecule has 26 heavy (non-hydrogen) atoms. The third kappa shape index (κ3) is 4.48. The predicted octanol–water partition coefficient (Wildman–Crippen LogP) is 4.73. The molecule has 2 aromatic rings. The second kappa shape index (κ2) is 8.43. The summed E-state index contributed by atoms with van der Waals surface area (Å²) in [5.41, 5.74) is 0.159. The molecule has 0 N–H and O–H groups in total. The second-order valence-electron chi connectivity index (χ2n) is 6.89. The van der Waals surface area contributed by atoms with E-state index in [1.54, 1.807) is 0 Å². The standard InChI is InChI=1S/C20H24F2N2O2/c1-24(15-6-4-2-3-5-7-15)20(25)11-10-19-23-13-18(26-19)16-9-8-14(21)12-17(16)22/h8-9,12-13,15H,2-7,10-11H2,1H3. The van der Waals surface area contributed by atoms with E-state index in [9.17, 15) is 13.6 Å². The van der Waals surface area contributed by atoms with E-state index in [1.807, 2.05) is 11.9 Å². The summed E-state index contributed by atoms with van der Waals surface area (Å²) in [6, 6.07) is 3.62. The van der Waals surface area contributed by atoms with Crippen LogP contribution in [0, 0.1) is 11.6 Å². The maximum atomic E-state index is 13.8. The summed E-state index contributed by atoms with van der Waals surface area (Å²) in [6.45, 7) is 0. The van der Waals surface area contributed by atoms with Crippen LogP contribution in [0.2, 0.25) is 0 Å². The van der Waals surface area contributed by atoms with Gasteiger partial charge in [-0.05, 0) is 25.0 Å². The fraction of sp³-hybridized carbons (Fsp3) is 0.500. The lowest BCUT2D eigenvalue weighted by Crippen LogP contribution is -2.36. The number of halogens is 2. The van der Waals surface area contributed by atoms with Gasteiger partial charge in [0.05, 0.1) is 11.8 Å². The van der Waals surface area contributed by atoms with Crippen LogP contribution < -0.4 is 0 Å². The molecule has 1 saturated carbocycles. The number of aromatic nitrogens is 1. The van der Waals surface area contributed by atoms with Gasteiger partial charge in [0.2, 0.25) is 5.91 Å². The molecule has 0 bridgehead atoms. The third-order valence-corrected chi connectivity index (χ3v) is 5.07. The highest BCUT2D eigenvalue weighted by Crippen LogP contribution is 2.25. The van der Waals surface area contributed by atoms with Crippen molar-refractivity contribution in [2.24, 2.45) is 0 Å². The average molecular weight is 362 g/mol. The summed E-state index contributed by atoms with van der Waals surface area (Å²) in [7, 11) is 1.87. The van der Waals surface area contributed by atoms with Crippen LogP contribution >= 0.6 is 0 Å². The molecule has 0 spiro atoms. The van der Waals surface area contributed by atoms with Gasteiger partial charge in [0.15, 0.2) is 11.7 Å². The van der Waals surface area contributed by atoms with Gasteiger partial charge >= 0.3 is 0 Å². The van der Waals surface area contributed by atoms with Gasteiger partial charge in [-0.2, -0.15) is 0 Å². The molecule has 0 saturated heterocycles. The first-order chi connectivity index (χ1) is 12.5. The highest BCUT2D eigenvalue weighted by Gasteiger charge is 2.21. The van der Waals surface area contributed by atoms with Crippen molar-refractivity contribution in [3.05, 3.63) is 41.9 Å². The zero-order valence-electron chi connectivity index (χ0n) is 15.0. The Balaban J connectivity index is 1.58. The molecule has 0 radical (unpaired) electrons. The van der Waals surface area contributed by atoms with Gasteiger partial charge in [0.25, 0.3) is 0 Å². The molecule has 3 rings (SSSR count). The van der Waals surface area contributed by atoms with E-state index in [-0.39, 0.29) is 17.2 Å². The molecule has 0 aliphatic heterocycles. The molecule has 1 aliphatic rings. The van der Waals surface area contributed by atoms with Crippen molar-refractivity contribution in [3.8, 4) is 11.3 Å². The van der Waals surface area contributed by atoms with Crippen molar-refractivity contribution < 1.29 is 18.0 Å². The monoisotopic (exact) mass is 362 g/mol. The Labute approximate surface area is 152 Å². The number of nitrogens with zero attached hydrogens (tertiary/aromatic N) is 2. The smallest absolute Gasteiger partial charge is 0.223 e. The van der Waals surface area contributed by atoms with Gasteiger partial charge in [-0.25, -0.2) is 13.8 Å². The number of aryl methyl sites for hydroxylation is 1. The Kier molecular flexibility index (Phi) is 6.01. The zero-order chi connectivity index (χ0) is 18.5. The lowest BCUT2D eigenvalue weighted by atomic mass is 10.1. The molecule has 1 aliphatic carbocycles. The number of amides is 1. The predicted molar refractivity (Wildman–Crippen MR) is 94.4 cm³/mol. The topological polar surface area (TPSA) is 46.3 Å². The normalized spacial score (nSPS) is 15.7. The Morgan fingerprint density at radius 2 is 1.96 bits per heavy atom. The van der Waals surface area contributed by atoms with E-state index in [2.05, 4.69) is 4.98 Å². The van der Waals surface area contributed by atoms with Crippen LogP contribution in [0.1, 0.15) is 50.8 Å². The number of rotatable bonds is 5. The van der Waals surface area contributed by atoms with Crippen molar-refractivity contribution in [2.45, 2.75) is 57.4 Å². The zero-order valence-corrected chi connectivity index (χ0v) is 15.0. The molecular weight excluding hydrogens is 338 g/mol. The Morgan fingerprint density at radius 1 is 1.23 bits per heavy atom. The number of carbonyl (C=O) groups excluding carboxylic acids is 1. The SMILES string of the molecule is CN(C(=O)CCc1ncc(-c2ccc(F)cc2F)o1)C1CCCCCC1. The second-order valence-corrected chi connectivity index (χ2v) is 6.89. The highest BCUT2D eigenvalue weighted by molar-refractivity contribution is 5.76. The van der Waals surface area contributed by atoms with Crippen LogP contribution in [-0.2, 0) is 11.2 Å². The van der Waals surface area contributed by atoms with Gasteiger partial charge in [-0.1, -0.05) is 25.7 Å². The quantitative estimate of drug-likeness (QED) is 0.722. The number of hydrogen-bond donors (Lipinski definition) is 0. The minimum Gasteiger partial charge on any atom is -0.441 e. The van der Waals surface area contributed by atoms with E-state index in [0.29, 0.717) is 24.8 Å². The van der Waals surface area contributed by atoms with Crippen molar-refractivity contribution >= 4 is 5.91 Å². The number of carbonyl (C=O) groups is 1. The molecule has 140 valence electrons. The van der Waals surface area contributed by atoms with Gasteiger partial charge in [0, 0.05) is 32.0 Å². The summed E-state index contributed by atoms with van der Waals surface area (Å²) in [5, 5.41) is 0. The summed E-state index contributed by atoms with van der Waals surface area (Å²) >= 11 is 0. The molecule has 1 aromatic carbocycles. The lowest BCUT2D eigenvalue weighted by molar-refractivity contribution is -0.132. The van der Waals surface area contributed by atoms with Crippen molar-refractivity contribution in [3.63, 3.8) is 0 Å². The first-order valence-electron chi connectivity index (χ1n) is 9.20. The molecule has 0 atom stereocenters. The minimum absolute atomic E-state index is 0.0737. The van der Waals surface area contributed by atoms with Crippen LogP contribution in [-0.4, -0.2) is 28.9 Å². The number of hydrogen-bond acceptors (Lipinski definition) is 3. The molecule has 1 fully saturated rings. The van der Waals surface area contributed by atoms with Crippen LogP contribution in [0.15, 0.2) is 28.8 Å². The Morgan fingerprint density at radius 3 is 2.65 bits per heavy atom. The van der Waals surface area contributed by atoms with Crippen molar-refractivity contribution in [2.75, 3.05) is 7.05 Å². The molecule has 6 heteroatoms. The fourth-order valence-electron chi connectivity index (χ4n) is 3.48. The molecule has 0 unspecified atom stereocenters. The van der Waals surface area contributed by atoms with Gasteiger partial charge < -0.3 is 9.32 Å². The first kappa shape index (κ1) is 18.5. The Bertz CT molecular complexity index is 752. The fourth-order valence-corrected chi connectivity index (χ4v) is 3.48. The molecular formula is C20H24F2N2O2. The van der Waals surface area contributed by atoms with Crippen LogP contribution in [0.25, 0.3) is 11.3 Å². The van der Waals surface area contributed by atoms with Crippen molar-refractivity contribution in [1.29, 1.82) is 0 Å². The van der Waals surface area contributed by atoms with Crippen molar-refractivity contribution in [1.82, 2.24) is 9.88 Å². The number of oxazole rings is 1. The summed E-state index contributed by atoms with van der Waals surface area (Å²) in [6.07, 6.45) is 9.05. The third-order valence-electron chi connectivity index (χ3n) is 5.07. The Hall–Kier alpha value is -2.24. The van der Waals surface area contributed by atoms with Gasteiger partial charge in [-0.15, -0.1) is 0 Å². The molecule has 4 nitrogen and oxygen atoms in total. The van der Waals surface area contributed by atoms with E-state index >= 15 is 0 Å². The van der Waals surface area contributed by atoms with Crippen LogP contribution in [0.5, 0.6) is 0 Å². The van der Waals surface area contributed by atoms with E-state index in [1.165, 1.54) is 44.0 Å². The minimum atomic E-state index is -0.697. The largest absolute Gasteiger partial charge is 0.441 e. The maximum absolute atomic E-state index is 13.8. The number of benzene rings is 1. The summed E-state index contributed by atoms with van der Waals surface area (Å²) in [4.78, 5) is 18.4. The first-order valence-corrected chi connectivity index (χ1v) is 9.20. The summed E-state index contributed by atoms with van der Waals surface area (Å²) < 4.78 is 32.4. The van der Waals surface area contributed by atoms with Gasteiger partial charge in [-0.3, -0.25) is 4.79 Å². The molecule has 1 amide bonds. The van der Waals surface area contributed by atoms with Gasteiger partial charge in [0.1, 0.15) is 11.6 Å². The maximum Gasteiger partial charge on any atom is 0.223 e. The lowest BCUT2D eigenvalue weighted by Gasteiger charge is -2.27. The molecule has 1 heterocycles. The molecule has 1 aromatic heterocycles.